The summed E-state index contributed by atoms with van der Waals surface area (Å²) >= 11 is 0. The standard InChI is InChI=1S/C8H16N2/c1-3-7-6(2)4-5-10-8(7)9/h6-7H,3-5H2,1-2H3,(H2,9,10)/t6-,7-/m0/s1. The van der Waals surface area contributed by atoms with Gasteiger partial charge in [0.2, 0.25) is 0 Å². The number of aliphatic imine (C=N–C) groups is 1. The van der Waals surface area contributed by atoms with E-state index in [1.807, 2.05) is 0 Å². The van der Waals surface area contributed by atoms with Crippen LogP contribution < -0.4 is 5.73 Å². The lowest BCUT2D eigenvalue weighted by atomic mass is 9.86. The van der Waals surface area contributed by atoms with Crippen LogP contribution in [0.1, 0.15) is 26.7 Å². The molecule has 1 aliphatic heterocycles. The molecule has 0 aromatic heterocycles. The molecule has 0 amide bonds. The molecule has 2 N–H and O–H groups in total. The van der Waals surface area contributed by atoms with E-state index in [0.29, 0.717) is 5.92 Å². The van der Waals surface area contributed by atoms with Crippen molar-refractivity contribution in [3.05, 3.63) is 0 Å². The minimum absolute atomic E-state index is 0.550. The first-order valence-corrected chi connectivity index (χ1v) is 4.05. The van der Waals surface area contributed by atoms with Gasteiger partial charge < -0.3 is 5.73 Å². The summed E-state index contributed by atoms with van der Waals surface area (Å²) in [6.07, 6.45) is 2.34. The molecule has 0 saturated carbocycles. The van der Waals surface area contributed by atoms with Crippen molar-refractivity contribution in [2.45, 2.75) is 26.7 Å². The first kappa shape index (κ1) is 7.58. The predicted octanol–water partition coefficient (Wildman–Crippen LogP) is 1.41. The van der Waals surface area contributed by atoms with Crippen LogP contribution in [-0.2, 0) is 0 Å². The second-order valence-electron chi connectivity index (χ2n) is 3.09. The van der Waals surface area contributed by atoms with Crippen LogP contribution in [0.15, 0.2) is 4.99 Å². The van der Waals surface area contributed by atoms with Crippen molar-refractivity contribution in [3.8, 4) is 0 Å². The molecule has 0 saturated heterocycles. The highest BCUT2D eigenvalue weighted by Gasteiger charge is 2.21. The van der Waals surface area contributed by atoms with E-state index in [1.54, 1.807) is 0 Å². The van der Waals surface area contributed by atoms with Crippen molar-refractivity contribution in [1.82, 2.24) is 0 Å². The van der Waals surface area contributed by atoms with Crippen molar-refractivity contribution in [2.24, 2.45) is 22.6 Å². The SMILES string of the molecule is CC[C@@H]1C(N)=NCC[C@@H]1C. The van der Waals surface area contributed by atoms with E-state index in [4.69, 9.17) is 5.73 Å². The maximum atomic E-state index is 5.73. The van der Waals surface area contributed by atoms with Gasteiger partial charge in [0, 0.05) is 12.5 Å². The lowest BCUT2D eigenvalue weighted by Crippen LogP contribution is -2.32. The van der Waals surface area contributed by atoms with Gasteiger partial charge >= 0.3 is 0 Å². The largest absolute Gasteiger partial charge is 0.387 e. The molecule has 2 heteroatoms. The number of rotatable bonds is 1. The van der Waals surface area contributed by atoms with Gasteiger partial charge in [0.1, 0.15) is 0 Å². The number of nitrogens with two attached hydrogens (primary N) is 1. The first-order valence-electron chi connectivity index (χ1n) is 4.05. The molecule has 0 aromatic carbocycles. The van der Waals surface area contributed by atoms with Crippen LogP contribution in [0.4, 0.5) is 0 Å². The van der Waals surface area contributed by atoms with Crippen molar-refractivity contribution in [3.63, 3.8) is 0 Å². The van der Waals surface area contributed by atoms with Gasteiger partial charge in [0.15, 0.2) is 0 Å². The Morgan fingerprint density at radius 2 is 2.40 bits per heavy atom. The van der Waals surface area contributed by atoms with Crippen LogP contribution in [0.3, 0.4) is 0 Å². The van der Waals surface area contributed by atoms with E-state index < -0.39 is 0 Å². The molecule has 0 aromatic rings. The molecule has 0 spiro atoms. The molecule has 1 heterocycles. The van der Waals surface area contributed by atoms with Crippen LogP contribution in [0.2, 0.25) is 0 Å². The summed E-state index contributed by atoms with van der Waals surface area (Å²) in [6, 6.07) is 0. The van der Waals surface area contributed by atoms with Gasteiger partial charge in [-0.25, -0.2) is 0 Å². The van der Waals surface area contributed by atoms with E-state index in [1.165, 1.54) is 6.42 Å². The van der Waals surface area contributed by atoms with Gasteiger partial charge in [-0.3, -0.25) is 4.99 Å². The van der Waals surface area contributed by atoms with Crippen LogP contribution in [0, 0.1) is 11.8 Å². The number of amidine groups is 1. The molecule has 58 valence electrons. The fourth-order valence-corrected chi connectivity index (χ4v) is 1.62. The Morgan fingerprint density at radius 3 is 2.80 bits per heavy atom. The van der Waals surface area contributed by atoms with Crippen LogP contribution in [-0.4, -0.2) is 12.4 Å². The zero-order valence-electron chi connectivity index (χ0n) is 6.80. The summed E-state index contributed by atoms with van der Waals surface area (Å²) in [5, 5.41) is 0. The van der Waals surface area contributed by atoms with Crippen LogP contribution in [0.5, 0.6) is 0 Å². The second kappa shape index (κ2) is 3.04. The third-order valence-corrected chi connectivity index (χ3v) is 2.39. The van der Waals surface area contributed by atoms with Crippen molar-refractivity contribution in [2.75, 3.05) is 6.54 Å². The number of hydrogen-bond acceptors (Lipinski definition) is 2. The zero-order valence-corrected chi connectivity index (χ0v) is 6.80. The van der Waals surface area contributed by atoms with Crippen LogP contribution >= 0.6 is 0 Å². The predicted molar refractivity (Wildman–Crippen MR) is 44.1 cm³/mol. The Bertz CT molecular complexity index is 140. The van der Waals surface area contributed by atoms with E-state index in [9.17, 15) is 0 Å². The van der Waals surface area contributed by atoms with E-state index in [2.05, 4.69) is 18.8 Å². The van der Waals surface area contributed by atoms with Gasteiger partial charge in [-0.15, -0.1) is 0 Å². The molecule has 0 bridgehead atoms. The third-order valence-electron chi connectivity index (χ3n) is 2.39. The highest BCUT2D eigenvalue weighted by molar-refractivity contribution is 5.83. The molecular formula is C8H16N2. The first-order chi connectivity index (χ1) is 4.75. The number of nitrogens with zero attached hydrogens (tertiary/aromatic N) is 1. The zero-order chi connectivity index (χ0) is 7.56. The third kappa shape index (κ3) is 1.31. The molecular weight excluding hydrogens is 124 g/mol. The highest BCUT2D eigenvalue weighted by Crippen LogP contribution is 2.22. The monoisotopic (exact) mass is 140 g/mol. The van der Waals surface area contributed by atoms with Gasteiger partial charge in [-0.05, 0) is 18.8 Å². The quantitative estimate of drug-likeness (QED) is 0.587. The Kier molecular flexibility index (Phi) is 2.30. The van der Waals surface area contributed by atoms with E-state index in [-0.39, 0.29) is 0 Å². The Hall–Kier alpha value is -0.530. The summed E-state index contributed by atoms with van der Waals surface area (Å²) in [5.41, 5.74) is 5.73. The van der Waals surface area contributed by atoms with Gasteiger partial charge in [-0.2, -0.15) is 0 Å². The lowest BCUT2D eigenvalue weighted by molar-refractivity contribution is 0.398. The molecule has 2 nitrogen and oxygen atoms in total. The molecule has 2 atom stereocenters. The van der Waals surface area contributed by atoms with Crippen molar-refractivity contribution >= 4 is 5.84 Å². The van der Waals surface area contributed by atoms with Gasteiger partial charge in [-0.1, -0.05) is 13.8 Å². The topological polar surface area (TPSA) is 38.4 Å². The highest BCUT2D eigenvalue weighted by atomic mass is 14.9. The normalized spacial score (nSPS) is 33.6. The van der Waals surface area contributed by atoms with E-state index >= 15 is 0 Å². The van der Waals surface area contributed by atoms with Gasteiger partial charge in [0.25, 0.3) is 0 Å². The minimum atomic E-state index is 0.550. The Balaban J connectivity index is 2.63. The molecule has 0 radical (unpaired) electrons. The molecule has 1 rings (SSSR count). The molecule has 10 heavy (non-hydrogen) atoms. The summed E-state index contributed by atoms with van der Waals surface area (Å²) in [4.78, 5) is 4.23. The average molecular weight is 140 g/mol. The lowest BCUT2D eigenvalue weighted by Gasteiger charge is -2.25. The average Bonchev–Trinajstić information content (AvgIpc) is 1.88. The maximum Gasteiger partial charge on any atom is 0.0970 e. The van der Waals surface area contributed by atoms with E-state index in [0.717, 1.165) is 24.7 Å². The summed E-state index contributed by atoms with van der Waals surface area (Å²) in [5.74, 6) is 2.16. The molecule has 0 aliphatic carbocycles. The molecule has 0 unspecified atom stereocenters. The molecule has 0 fully saturated rings. The fourth-order valence-electron chi connectivity index (χ4n) is 1.62. The van der Waals surface area contributed by atoms with Crippen LogP contribution in [0.25, 0.3) is 0 Å². The van der Waals surface area contributed by atoms with Gasteiger partial charge in [0.05, 0.1) is 5.84 Å². The summed E-state index contributed by atoms with van der Waals surface area (Å²) in [6.45, 7) is 5.37. The summed E-state index contributed by atoms with van der Waals surface area (Å²) in [7, 11) is 0. The van der Waals surface area contributed by atoms with Crippen molar-refractivity contribution in [1.29, 1.82) is 0 Å². The molecule has 1 aliphatic rings. The minimum Gasteiger partial charge on any atom is -0.387 e. The smallest absolute Gasteiger partial charge is 0.0970 e. The fraction of sp³-hybridized carbons (Fsp3) is 0.875. The van der Waals surface area contributed by atoms with Crippen molar-refractivity contribution < 1.29 is 0 Å². The summed E-state index contributed by atoms with van der Waals surface area (Å²) < 4.78 is 0. The second-order valence-corrected chi connectivity index (χ2v) is 3.09. The Morgan fingerprint density at radius 1 is 1.70 bits per heavy atom. The Labute approximate surface area is 62.5 Å². The maximum absolute atomic E-state index is 5.73. The number of hydrogen-bond donors (Lipinski definition) is 1.